The monoisotopic (exact) mass is 396 g/mol. The molecule has 146 valence electrons. The standard InChI is InChI=1S/C23H25ClN2O2/c1-3-4-5-8-13-28-22-12-11-20(24)15-18(22)14-19(16-25)23(27)26-21-10-7-6-9-17(21)2/h6-7,9-12,14-15H,3-5,8,13H2,1-2H3,(H,26,27)/b19-14-. The van der Waals surface area contributed by atoms with Gasteiger partial charge in [-0.2, -0.15) is 5.26 Å². The van der Waals surface area contributed by atoms with Crippen LogP contribution in [0.1, 0.15) is 43.7 Å². The molecule has 1 N–H and O–H groups in total. The molecule has 0 aliphatic heterocycles. The van der Waals surface area contributed by atoms with Gasteiger partial charge in [-0.05, 0) is 49.2 Å². The van der Waals surface area contributed by atoms with Crippen LogP contribution < -0.4 is 10.1 Å². The zero-order valence-corrected chi connectivity index (χ0v) is 17.1. The number of hydrogen-bond acceptors (Lipinski definition) is 3. The van der Waals surface area contributed by atoms with Crippen molar-refractivity contribution >= 4 is 29.3 Å². The molecule has 4 nitrogen and oxygen atoms in total. The maximum absolute atomic E-state index is 12.6. The molecule has 28 heavy (non-hydrogen) atoms. The number of rotatable bonds is 9. The average Bonchev–Trinajstić information content (AvgIpc) is 2.69. The molecule has 0 radical (unpaired) electrons. The first-order valence-corrected chi connectivity index (χ1v) is 9.84. The summed E-state index contributed by atoms with van der Waals surface area (Å²) in [4.78, 5) is 12.6. The number of hydrogen-bond donors (Lipinski definition) is 1. The Hall–Kier alpha value is -2.77. The van der Waals surface area contributed by atoms with E-state index in [-0.39, 0.29) is 5.57 Å². The lowest BCUT2D eigenvalue weighted by Gasteiger charge is -2.11. The minimum atomic E-state index is -0.467. The highest BCUT2D eigenvalue weighted by Gasteiger charge is 2.13. The van der Waals surface area contributed by atoms with Crippen LogP contribution in [-0.4, -0.2) is 12.5 Å². The summed E-state index contributed by atoms with van der Waals surface area (Å²) in [6.45, 7) is 4.64. The fourth-order valence-corrected chi connectivity index (χ4v) is 2.86. The maximum Gasteiger partial charge on any atom is 0.266 e. The molecule has 5 heteroatoms. The van der Waals surface area contributed by atoms with Crippen molar-refractivity contribution in [2.24, 2.45) is 0 Å². The van der Waals surface area contributed by atoms with Crippen molar-refractivity contribution in [2.75, 3.05) is 11.9 Å². The Kier molecular flexibility index (Phi) is 8.58. The van der Waals surface area contributed by atoms with E-state index in [0.29, 0.717) is 28.6 Å². The first kappa shape index (κ1) is 21.5. The Labute approximate surface area is 171 Å². The number of carbonyl (C=O) groups excluding carboxylic acids is 1. The van der Waals surface area contributed by atoms with Crippen molar-refractivity contribution in [1.82, 2.24) is 0 Å². The molecule has 0 unspecified atom stereocenters. The second kappa shape index (κ2) is 11.2. The van der Waals surface area contributed by atoms with Gasteiger partial charge in [0.05, 0.1) is 6.61 Å². The van der Waals surface area contributed by atoms with E-state index in [1.54, 1.807) is 24.3 Å². The lowest BCUT2D eigenvalue weighted by Crippen LogP contribution is -2.14. The Bertz CT molecular complexity index is 884. The van der Waals surface area contributed by atoms with E-state index >= 15 is 0 Å². The van der Waals surface area contributed by atoms with Crippen LogP contribution >= 0.6 is 11.6 Å². The molecule has 2 aromatic carbocycles. The largest absolute Gasteiger partial charge is 0.493 e. The van der Waals surface area contributed by atoms with Gasteiger partial charge in [-0.15, -0.1) is 0 Å². The summed E-state index contributed by atoms with van der Waals surface area (Å²) in [6.07, 6.45) is 5.92. The number of halogens is 1. The lowest BCUT2D eigenvalue weighted by atomic mass is 10.1. The summed E-state index contributed by atoms with van der Waals surface area (Å²) in [5.74, 6) is 0.142. The van der Waals surface area contributed by atoms with Crippen molar-refractivity contribution in [1.29, 1.82) is 5.26 Å². The molecule has 2 aromatic rings. The third-order valence-corrected chi connectivity index (χ3v) is 4.52. The highest BCUT2D eigenvalue weighted by atomic mass is 35.5. The molecule has 0 saturated heterocycles. The predicted molar refractivity (Wildman–Crippen MR) is 114 cm³/mol. The van der Waals surface area contributed by atoms with Crippen LogP contribution in [0.3, 0.4) is 0 Å². The van der Waals surface area contributed by atoms with Crippen LogP contribution in [0.2, 0.25) is 5.02 Å². The van der Waals surface area contributed by atoms with Crippen LogP contribution in [0, 0.1) is 18.3 Å². The summed E-state index contributed by atoms with van der Waals surface area (Å²) in [6, 6.07) is 14.6. The van der Waals surface area contributed by atoms with E-state index < -0.39 is 5.91 Å². The molecule has 0 bridgehead atoms. The molecule has 0 fully saturated rings. The van der Waals surface area contributed by atoms with Crippen molar-refractivity contribution < 1.29 is 9.53 Å². The molecule has 0 spiro atoms. The smallest absolute Gasteiger partial charge is 0.266 e. The van der Waals surface area contributed by atoms with Crippen molar-refractivity contribution in [3.05, 3.63) is 64.2 Å². The van der Waals surface area contributed by atoms with Crippen LogP contribution in [0.15, 0.2) is 48.0 Å². The van der Waals surface area contributed by atoms with E-state index in [1.165, 1.54) is 12.5 Å². The van der Waals surface area contributed by atoms with Gasteiger partial charge in [-0.3, -0.25) is 4.79 Å². The number of ether oxygens (including phenoxy) is 1. The Morgan fingerprint density at radius 2 is 2.00 bits per heavy atom. The number of anilines is 1. The third-order valence-electron chi connectivity index (χ3n) is 4.29. The van der Waals surface area contributed by atoms with Crippen LogP contribution in [0.25, 0.3) is 6.08 Å². The second-order valence-corrected chi connectivity index (χ2v) is 6.97. The number of nitriles is 1. The van der Waals surface area contributed by atoms with Gasteiger partial charge in [-0.1, -0.05) is 56.0 Å². The molecule has 0 aliphatic carbocycles. The number of carbonyl (C=O) groups is 1. The average molecular weight is 397 g/mol. The van der Waals surface area contributed by atoms with Crippen molar-refractivity contribution in [3.63, 3.8) is 0 Å². The molecule has 2 rings (SSSR count). The lowest BCUT2D eigenvalue weighted by molar-refractivity contribution is -0.112. The molecule has 0 aliphatic rings. The molecule has 0 atom stereocenters. The zero-order valence-electron chi connectivity index (χ0n) is 16.3. The topological polar surface area (TPSA) is 62.1 Å². The van der Waals surface area contributed by atoms with Gasteiger partial charge in [0.2, 0.25) is 0 Å². The summed E-state index contributed by atoms with van der Waals surface area (Å²) in [5.41, 5.74) is 2.19. The number of aryl methyl sites for hydroxylation is 1. The van der Waals surface area contributed by atoms with Gasteiger partial charge < -0.3 is 10.1 Å². The van der Waals surface area contributed by atoms with Crippen LogP contribution in [0.5, 0.6) is 5.75 Å². The normalized spacial score (nSPS) is 11.0. The minimum absolute atomic E-state index is 0.0126. The van der Waals surface area contributed by atoms with E-state index in [2.05, 4.69) is 12.2 Å². The first-order chi connectivity index (χ1) is 13.5. The van der Waals surface area contributed by atoms with E-state index in [1.807, 2.05) is 31.2 Å². The SMILES string of the molecule is CCCCCCOc1ccc(Cl)cc1/C=C(/C#N)C(=O)Nc1ccccc1C. The van der Waals surface area contributed by atoms with E-state index in [9.17, 15) is 10.1 Å². The van der Waals surface area contributed by atoms with E-state index in [0.717, 1.165) is 24.8 Å². The Morgan fingerprint density at radius 3 is 2.71 bits per heavy atom. The van der Waals surface area contributed by atoms with Crippen LogP contribution in [0.4, 0.5) is 5.69 Å². The third kappa shape index (κ3) is 6.44. The van der Waals surface area contributed by atoms with Crippen LogP contribution in [-0.2, 0) is 4.79 Å². The minimum Gasteiger partial charge on any atom is -0.493 e. The molecule has 0 saturated carbocycles. The first-order valence-electron chi connectivity index (χ1n) is 9.46. The quantitative estimate of drug-likeness (QED) is 0.314. The molecular formula is C23H25ClN2O2. The second-order valence-electron chi connectivity index (χ2n) is 6.53. The van der Waals surface area contributed by atoms with Gasteiger partial charge in [0.1, 0.15) is 17.4 Å². The molecular weight excluding hydrogens is 372 g/mol. The molecule has 0 aromatic heterocycles. The summed E-state index contributed by atoms with van der Waals surface area (Å²) in [5, 5.41) is 12.8. The summed E-state index contributed by atoms with van der Waals surface area (Å²) < 4.78 is 5.86. The molecule has 1 amide bonds. The highest BCUT2D eigenvalue weighted by molar-refractivity contribution is 6.30. The van der Waals surface area contributed by atoms with Crippen molar-refractivity contribution in [3.8, 4) is 11.8 Å². The number of benzene rings is 2. The molecule has 0 heterocycles. The predicted octanol–water partition coefficient (Wildman–Crippen LogP) is 6.15. The maximum atomic E-state index is 12.6. The van der Waals surface area contributed by atoms with E-state index in [4.69, 9.17) is 16.3 Å². The summed E-state index contributed by atoms with van der Waals surface area (Å²) >= 11 is 6.11. The number of nitrogens with one attached hydrogen (secondary N) is 1. The number of amides is 1. The fraction of sp³-hybridized carbons (Fsp3) is 0.304. The number of unbranched alkanes of at least 4 members (excludes halogenated alkanes) is 3. The van der Waals surface area contributed by atoms with Gasteiger partial charge in [0, 0.05) is 16.3 Å². The summed E-state index contributed by atoms with van der Waals surface area (Å²) in [7, 11) is 0. The zero-order chi connectivity index (χ0) is 20.4. The fourth-order valence-electron chi connectivity index (χ4n) is 2.68. The van der Waals surface area contributed by atoms with Gasteiger partial charge in [-0.25, -0.2) is 0 Å². The van der Waals surface area contributed by atoms with Gasteiger partial charge >= 0.3 is 0 Å². The Morgan fingerprint density at radius 1 is 1.21 bits per heavy atom. The van der Waals surface area contributed by atoms with Gasteiger partial charge in [0.25, 0.3) is 5.91 Å². The number of nitrogens with zero attached hydrogens (tertiary/aromatic N) is 1. The van der Waals surface area contributed by atoms with Gasteiger partial charge in [0.15, 0.2) is 0 Å². The van der Waals surface area contributed by atoms with Crippen molar-refractivity contribution in [2.45, 2.75) is 39.5 Å². The highest BCUT2D eigenvalue weighted by Crippen LogP contribution is 2.26. The Balaban J connectivity index is 2.18. The number of para-hydroxylation sites is 1.